The number of thiophene rings is 1. The van der Waals surface area contributed by atoms with Gasteiger partial charge in [0.15, 0.2) is 5.65 Å². The predicted molar refractivity (Wildman–Crippen MR) is 92.6 cm³/mol. The van der Waals surface area contributed by atoms with Gasteiger partial charge in [-0.05, 0) is 19.4 Å². The van der Waals surface area contributed by atoms with Gasteiger partial charge >= 0.3 is 0 Å². The first-order valence-electron chi connectivity index (χ1n) is 8.47. The summed E-state index contributed by atoms with van der Waals surface area (Å²) in [4.78, 5) is 14.2. The molecule has 0 amide bonds. The van der Waals surface area contributed by atoms with Gasteiger partial charge in [-0.2, -0.15) is 9.61 Å². The minimum absolute atomic E-state index is 0.139. The Labute approximate surface area is 143 Å². The van der Waals surface area contributed by atoms with Crippen LogP contribution in [0.1, 0.15) is 24.3 Å². The van der Waals surface area contributed by atoms with Gasteiger partial charge in [-0.3, -0.25) is 0 Å². The first-order chi connectivity index (χ1) is 11.6. The molecule has 2 aliphatic rings. The fourth-order valence-electron chi connectivity index (χ4n) is 3.70. The molecule has 0 aliphatic carbocycles. The summed E-state index contributed by atoms with van der Waals surface area (Å²) in [5, 5.41) is 7.98. The van der Waals surface area contributed by atoms with Crippen molar-refractivity contribution < 1.29 is 10.1 Å². The highest BCUT2D eigenvalue weighted by atomic mass is 32.1. The molecule has 126 valence electrons. The van der Waals surface area contributed by atoms with Crippen molar-refractivity contribution in [1.82, 2.24) is 19.6 Å². The Morgan fingerprint density at radius 2 is 2.12 bits per heavy atom. The van der Waals surface area contributed by atoms with Crippen molar-refractivity contribution in [3.05, 3.63) is 16.8 Å². The molecule has 7 nitrogen and oxygen atoms in total. The van der Waals surface area contributed by atoms with Gasteiger partial charge in [-0.1, -0.05) is 0 Å². The lowest BCUT2D eigenvalue weighted by molar-refractivity contribution is -0.655. The van der Waals surface area contributed by atoms with Crippen LogP contribution in [0.2, 0.25) is 0 Å². The van der Waals surface area contributed by atoms with E-state index in [2.05, 4.69) is 34.1 Å². The molecule has 0 spiro atoms. The second-order valence-electron chi connectivity index (χ2n) is 7.17. The number of aromatic nitrogens is 4. The zero-order valence-corrected chi connectivity index (χ0v) is 14.8. The van der Waals surface area contributed by atoms with Crippen LogP contribution < -0.4 is 10.2 Å². The van der Waals surface area contributed by atoms with Crippen molar-refractivity contribution in [1.29, 1.82) is 0 Å². The molecule has 0 bridgehead atoms. The summed E-state index contributed by atoms with van der Waals surface area (Å²) >= 11 is 1.75. The van der Waals surface area contributed by atoms with E-state index in [9.17, 15) is 0 Å². The van der Waals surface area contributed by atoms with Crippen LogP contribution in [0.5, 0.6) is 0 Å². The highest BCUT2D eigenvalue weighted by Crippen LogP contribution is 2.40. The van der Waals surface area contributed by atoms with Gasteiger partial charge in [-0.25, -0.2) is 9.97 Å². The van der Waals surface area contributed by atoms with Gasteiger partial charge in [0.2, 0.25) is 5.95 Å². The standard InChI is InChI=1S/C16H20N6OS/c1-16(2)7-10-11(8-23-16)24-14-12(10)13-18-9-19-22(13)15(20-14)21-5-3-17-4-6-21/h9,17H,3-8H2,1-2H3/p+1. The molecule has 2 aliphatic heterocycles. The Balaban J connectivity index is 1.75. The molecule has 24 heavy (non-hydrogen) atoms. The van der Waals surface area contributed by atoms with E-state index in [1.165, 1.54) is 10.4 Å². The number of anilines is 1. The summed E-state index contributed by atoms with van der Waals surface area (Å²) in [6, 6.07) is 0. The number of ether oxygens (including phenoxy) is 1. The third-order valence-corrected chi connectivity index (χ3v) is 6.02. The number of hydrogen-bond donors (Lipinski definition) is 1. The van der Waals surface area contributed by atoms with Crippen LogP contribution in [-0.4, -0.2) is 51.4 Å². The molecular weight excluding hydrogens is 324 g/mol. The third-order valence-electron chi connectivity index (χ3n) is 4.92. The Bertz CT molecular complexity index is 924. The van der Waals surface area contributed by atoms with Crippen LogP contribution in [0.15, 0.2) is 6.33 Å². The van der Waals surface area contributed by atoms with Crippen LogP contribution in [0.25, 0.3) is 15.9 Å². The van der Waals surface area contributed by atoms with E-state index in [0.717, 1.165) is 54.4 Å². The quantitative estimate of drug-likeness (QED) is 0.698. The number of quaternary nitrogens is 1. The van der Waals surface area contributed by atoms with Crippen molar-refractivity contribution in [2.45, 2.75) is 32.5 Å². The lowest BCUT2D eigenvalue weighted by atomic mass is 9.94. The van der Waals surface area contributed by atoms with Crippen molar-refractivity contribution in [3.63, 3.8) is 0 Å². The number of nitrogens with zero attached hydrogens (tertiary/aromatic N) is 5. The summed E-state index contributed by atoms with van der Waals surface area (Å²) in [5.74, 6) is 0.918. The maximum absolute atomic E-state index is 5.99. The van der Waals surface area contributed by atoms with E-state index in [4.69, 9.17) is 9.72 Å². The molecule has 5 heterocycles. The molecule has 0 saturated carbocycles. The molecule has 5 rings (SSSR count). The van der Waals surface area contributed by atoms with Crippen LogP contribution in [0, 0.1) is 0 Å². The van der Waals surface area contributed by atoms with E-state index in [1.807, 2.05) is 4.52 Å². The fourth-order valence-corrected chi connectivity index (χ4v) is 4.79. The average molecular weight is 345 g/mol. The molecule has 0 atom stereocenters. The van der Waals surface area contributed by atoms with Gasteiger partial charge in [0.1, 0.15) is 11.2 Å². The number of nitrogens with two attached hydrogens (primary N) is 1. The molecule has 0 aromatic carbocycles. The minimum atomic E-state index is -0.139. The van der Waals surface area contributed by atoms with Crippen molar-refractivity contribution in [3.8, 4) is 0 Å². The molecule has 0 unspecified atom stereocenters. The Morgan fingerprint density at radius 1 is 1.29 bits per heavy atom. The van der Waals surface area contributed by atoms with Crippen molar-refractivity contribution in [2.24, 2.45) is 0 Å². The van der Waals surface area contributed by atoms with Gasteiger partial charge in [0, 0.05) is 11.3 Å². The van der Waals surface area contributed by atoms with Gasteiger partial charge in [0.05, 0.1) is 43.8 Å². The number of piperazine rings is 1. The van der Waals surface area contributed by atoms with Crippen LogP contribution >= 0.6 is 11.3 Å². The smallest absolute Gasteiger partial charge is 0.230 e. The molecule has 8 heteroatoms. The number of fused-ring (bicyclic) bond motifs is 5. The Morgan fingerprint density at radius 3 is 2.96 bits per heavy atom. The second-order valence-corrected chi connectivity index (χ2v) is 8.25. The lowest BCUT2D eigenvalue weighted by Crippen LogP contribution is -2.89. The maximum Gasteiger partial charge on any atom is 0.230 e. The first kappa shape index (κ1) is 14.6. The second kappa shape index (κ2) is 5.11. The molecule has 3 aromatic rings. The largest absolute Gasteiger partial charge is 0.370 e. The summed E-state index contributed by atoms with van der Waals surface area (Å²) in [7, 11) is 0. The zero-order chi connectivity index (χ0) is 16.3. The molecule has 1 fully saturated rings. The molecule has 3 aromatic heterocycles. The normalized spacial score (nSPS) is 20.7. The summed E-state index contributed by atoms with van der Waals surface area (Å²) in [5.41, 5.74) is 2.13. The summed E-state index contributed by atoms with van der Waals surface area (Å²) < 4.78 is 7.91. The van der Waals surface area contributed by atoms with Gasteiger partial charge in [-0.15, -0.1) is 11.3 Å². The Kier molecular flexibility index (Phi) is 3.10. The number of hydrogen-bond acceptors (Lipinski definition) is 6. The predicted octanol–water partition coefficient (Wildman–Crippen LogP) is 0.574. The van der Waals surface area contributed by atoms with E-state index < -0.39 is 0 Å². The number of rotatable bonds is 1. The molecule has 0 radical (unpaired) electrons. The monoisotopic (exact) mass is 345 g/mol. The van der Waals surface area contributed by atoms with E-state index in [0.29, 0.717) is 6.61 Å². The van der Waals surface area contributed by atoms with Gasteiger partial charge in [0.25, 0.3) is 0 Å². The van der Waals surface area contributed by atoms with Crippen molar-refractivity contribution >= 4 is 33.1 Å². The first-order valence-corrected chi connectivity index (χ1v) is 9.29. The highest BCUT2D eigenvalue weighted by Gasteiger charge is 2.31. The Hall–Kier alpha value is -1.77. The lowest BCUT2D eigenvalue weighted by Gasteiger charge is -2.30. The summed E-state index contributed by atoms with van der Waals surface area (Å²) in [6.07, 6.45) is 2.54. The minimum Gasteiger partial charge on any atom is -0.370 e. The van der Waals surface area contributed by atoms with Crippen LogP contribution in [0.3, 0.4) is 0 Å². The fraction of sp³-hybridized carbons (Fsp3) is 0.562. The van der Waals surface area contributed by atoms with Crippen molar-refractivity contribution in [2.75, 3.05) is 31.1 Å². The van der Waals surface area contributed by atoms with Crippen LogP contribution in [0.4, 0.5) is 5.95 Å². The van der Waals surface area contributed by atoms with Crippen LogP contribution in [-0.2, 0) is 17.8 Å². The SMILES string of the molecule is CC1(C)Cc2c(sc3nc(N4CC[NH2+]CC4)n4ncnc4c23)CO1. The highest BCUT2D eigenvalue weighted by molar-refractivity contribution is 7.19. The molecule has 1 saturated heterocycles. The zero-order valence-electron chi connectivity index (χ0n) is 13.9. The van der Waals surface area contributed by atoms with E-state index in [-0.39, 0.29) is 5.60 Å². The summed E-state index contributed by atoms with van der Waals surface area (Å²) in [6.45, 7) is 9.14. The molecule has 2 N–H and O–H groups in total. The average Bonchev–Trinajstić information content (AvgIpc) is 3.17. The maximum atomic E-state index is 5.99. The third kappa shape index (κ3) is 2.13. The molecular formula is C16H21N6OS+. The van der Waals surface area contributed by atoms with Gasteiger partial charge < -0.3 is 15.0 Å². The van der Waals surface area contributed by atoms with E-state index in [1.54, 1.807) is 17.7 Å². The van der Waals surface area contributed by atoms with E-state index >= 15 is 0 Å². The topological polar surface area (TPSA) is 72.2 Å².